The lowest BCUT2D eigenvalue weighted by Gasteiger charge is -2.02. The molecule has 0 N–H and O–H groups in total. The van der Waals surface area contributed by atoms with Gasteiger partial charge in [-0.05, 0) is 30.8 Å². The molecular weight excluding hydrogens is 200 g/mol. The van der Waals surface area contributed by atoms with E-state index >= 15 is 0 Å². The molecule has 0 fully saturated rings. The molecular formula is C9H8N2O2S. The Labute approximate surface area is 86.6 Å². The van der Waals surface area contributed by atoms with Crippen LogP contribution < -0.4 is 0 Å². The first-order valence-electron chi connectivity index (χ1n) is 3.82. The third-order valence-corrected chi connectivity index (χ3v) is 1.75. The van der Waals surface area contributed by atoms with Crippen LogP contribution in [0.5, 0.6) is 0 Å². The highest BCUT2D eigenvalue weighted by Gasteiger charge is 2.09. The number of pyridine rings is 1. The van der Waals surface area contributed by atoms with Gasteiger partial charge in [0.2, 0.25) is 0 Å². The molecule has 1 heterocycles. The highest BCUT2D eigenvalue weighted by Crippen LogP contribution is 2.14. The monoisotopic (exact) mass is 208 g/mol. The number of aromatic nitrogens is 1. The third kappa shape index (κ3) is 2.22. The van der Waals surface area contributed by atoms with Crippen molar-refractivity contribution in [2.45, 2.75) is 6.92 Å². The maximum absolute atomic E-state index is 11.2. The quantitative estimate of drug-likeness (QED) is 0.423. The number of methoxy groups -OCH3 is 1. The molecule has 0 aliphatic carbocycles. The molecule has 1 rings (SSSR count). The Morgan fingerprint density at radius 1 is 1.71 bits per heavy atom. The molecule has 0 spiro atoms. The number of nitrogens with zero attached hydrogens (tertiary/aromatic N) is 2. The summed E-state index contributed by atoms with van der Waals surface area (Å²) in [7, 11) is 1.32. The van der Waals surface area contributed by atoms with Gasteiger partial charge in [0.25, 0.3) is 0 Å². The van der Waals surface area contributed by atoms with Gasteiger partial charge in [0.1, 0.15) is 0 Å². The second-order valence-corrected chi connectivity index (χ2v) is 2.73. The van der Waals surface area contributed by atoms with Gasteiger partial charge in [0.15, 0.2) is 5.82 Å². The molecule has 0 aliphatic heterocycles. The van der Waals surface area contributed by atoms with Gasteiger partial charge in [0, 0.05) is 6.20 Å². The van der Waals surface area contributed by atoms with E-state index in [1.54, 1.807) is 13.0 Å². The van der Waals surface area contributed by atoms with Gasteiger partial charge in [-0.15, -0.1) is 0 Å². The SMILES string of the molecule is COC(=O)c1cnc(N=C=S)cc1C. The summed E-state index contributed by atoms with van der Waals surface area (Å²) < 4.78 is 4.57. The normalized spacial score (nSPS) is 9.00. The Hall–Kier alpha value is -1.58. The lowest BCUT2D eigenvalue weighted by atomic mass is 10.1. The minimum Gasteiger partial charge on any atom is -0.465 e. The zero-order valence-corrected chi connectivity index (χ0v) is 8.59. The molecule has 72 valence electrons. The van der Waals surface area contributed by atoms with E-state index in [9.17, 15) is 4.79 Å². The van der Waals surface area contributed by atoms with Crippen LogP contribution in [-0.2, 0) is 4.74 Å². The molecule has 0 aromatic carbocycles. The van der Waals surface area contributed by atoms with E-state index in [1.807, 2.05) is 0 Å². The van der Waals surface area contributed by atoms with Crippen molar-refractivity contribution in [3.05, 3.63) is 23.4 Å². The van der Waals surface area contributed by atoms with Crippen LogP contribution in [0.3, 0.4) is 0 Å². The second-order valence-electron chi connectivity index (χ2n) is 2.55. The van der Waals surface area contributed by atoms with Crippen LogP contribution >= 0.6 is 12.2 Å². The van der Waals surface area contributed by atoms with Crippen molar-refractivity contribution in [3.63, 3.8) is 0 Å². The van der Waals surface area contributed by atoms with Crippen molar-refractivity contribution in [2.24, 2.45) is 4.99 Å². The molecule has 14 heavy (non-hydrogen) atoms. The number of esters is 1. The number of aryl methyl sites for hydroxylation is 1. The summed E-state index contributed by atoms with van der Waals surface area (Å²) in [6.07, 6.45) is 1.41. The minimum absolute atomic E-state index is 0.409. The van der Waals surface area contributed by atoms with Crippen molar-refractivity contribution in [1.82, 2.24) is 4.98 Å². The third-order valence-electron chi connectivity index (χ3n) is 1.66. The number of isothiocyanates is 1. The van der Waals surface area contributed by atoms with Crippen molar-refractivity contribution >= 4 is 29.2 Å². The van der Waals surface area contributed by atoms with Gasteiger partial charge in [-0.1, -0.05) is 0 Å². The molecule has 0 saturated carbocycles. The van der Waals surface area contributed by atoms with Crippen LogP contribution in [0.1, 0.15) is 15.9 Å². The highest BCUT2D eigenvalue weighted by molar-refractivity contribution is 7.78. The number of carbonyl (C=O) groups is 1. The Morgan fingerprint density at radius 3 is 2.93 bits per heavy atom. The Bertz CT molecular complexity index is 411. The summed E-state index contributed by atoms with van der Waals surface area (Å²) in [6.45, 7) is 1.77. The first kappa shape index (κ1) is 10.5. The number of aliphatic imine (C=N–C) groups is 1. The Kier molecular flexibility index (Phi) is 3.45. The smallest absolute Gasteiger partial charge is 0.339 e. The van der Waals surface area contributed by atoms with E-state index in [-0.39, 0.29) is 0 Å². The van der Waals surface area contributed by atoms with Crippen molar-refractivity contribution < 1.29 is 9.53 Å². The van der Waals surface area contributed by atoms with Crippen molar-refractivity contribution in [1.29, 1.82) is 0 Å². The summed E-state index contributed by atoms with van der Waals surface area (Å²) in [5, 5.41) is 2.20. The predicted molar refractivity (Wildman–Crippen MR) is 55.0 cm³/mol. The molecule has 1 aromatic rings. The Morgan fingerprint density at radius 2 is 2.43 bits per heavy atom. The van der Waals surface area contributed by atoms with Gasteiger partial charge in [0.05, 0.1) is 17.8 Å². The zero-order chi connectivity index (χ0) is 10.6. The lowest BCUT2D eigenvalue weighted by molar-refractivity contribution is 0.0599. The van der Waals surface area contributed by atoms with Crippen molar-refractivity contribution in [3.8, 4) is 0 Å². The molecule has 0 radical (unpaired) electrons. The first-order chi connectivity index (χ1) is 6.69. The summed E-state index contributed by atoms with van der Waals surface area (Å²) in [5.74, 6) is 0.0260. The zero-order valence-electron chi connectivity index (χ0n) is 7.77. The second kappa shape index (κ2) is 4.60. The van der Waals surface area contributed by atoms with Crippen molar-refractivity contribution in [2.75, 3.05) is 7.11 Å². The van der Waals surface area contributed by atoms with Crippen LogP contribution in [0.4, 0.5) is 5.82 Å². The van der Waals surface area contributed by atoms with Gasteiger partial charge < -0.3 is 4.74 Å². The number of hydrogen-bond donors (Lipinski definition) is 0. The molecule has 0 aliphatic rings. The molecule has 5 heteroatoms. The fraction of sp³-hybridized carbons (Fsp3) is 0.222. The molecule has 4 nitrogen and oxygen atoms in total. The van der Waals surface area contributed by atoms with Gasteiger partial charge >= 0.3 is 5.97 Å². The largest absolute Gasteiger partial charge is 0.465 e. The van der Waals surface area contributed by atoms with E-state index in [1.165, 1.54) is 13.3 Å². The fourth-order valence-electron chi connectivity index (χ4n) is 0.973. The lowest BCUT2D eigenvalue weighted by Crippen LogP contribution is -2.04. The number of carbonyl (C=O) groups excluding carboxylic acids is 1. The average Bonchev–Trinajstić information content (AvgIpc) is 2.17. The van der Waals surface area contributed by atoms with E-state index in [2.05, 4.69) is 32.1 Å². The maximum atomic E-state index is 11.2. The van der Waals surface area contributed by atoms with Gasteiger partial charge in [-0.25, -0.2) is 9.78 Å². The summed E-state index contributed by atoms with van der Waals surface area (Å²) in [6, 6.07) is 1.64. The van der Waals surface area contributed by atoms with Crippen LogP contribution in [0.15, 0.2) is 17.3 Å². The Balaban J connectivity index is 3.13. The fourth-order valence-corrected chi connectivity index (χ4v) is 1.07. The van der Waals surface area contributed by atoms with Crippen LogP contribution in [0, 0.1) is 6.92 Å². The van der Waals surface area contributed by atoms with E-state index < -0.39 is 5.97 Å². The number of ether oxygens (including phenoxy) is 1. The molecule has 0 saturated heterocycles. The molecule has 0 bridgehead atoms. The standard InChI is InChI=1S/C9H8N2O2S/c1-6-3-8(11-5-14)10-4-7(6)9(12)13-2/h3-4H,1-2H3. The van der Waals surface area contributed by atoms with Crippen LogP contribution in [-0.4, -0.2) is 23.2 Å². The van der Waals surface area contributed by atoms with Gasteiger partial charge in [-0.3, -0.25) is 0 Å². The molecule has 0 unspecified atom stereocenters. The summed E-state index contributed by atoms with van der Waals surface area (Å²) in [4.78, 5) is 18.8. The van der Waals surface area contributed by atoms with Crippen LogP contribution in [0.25, 0.3) is 0 Å². The number of rotatable bonds is 2. The molecule has 1 aromatic heterocycles. The van der Waals surface area contributed by atoms with Gasteiger partial charge in [-0.2, -0.15) is 4.99 Å². The van der Waals surface area contributed by atoms with E-state index in [4.69, 9.17) is 0 Å². The van der Waals surface area contributed by atoms with Crippen LogP contribution in [0.2, 0.25) is 0 Å². The first-order valence-corrected chi connectivity index (χ1v) is 4.22. The molecule has 0 atom stereocenters. The maximum Gasteiger partial charge on any atom is 0.339 e. The van der Waals surface area contributed by atoms with E-state index in [0.717, 1.165) is 5.56 Å². The minimum atomic E-state index is -0.409. The average molecular weight is 208 g/mol. The topological polar surface area (TPSA) is 51.5 Å². The summed E-state index contributed by atoms with van der Waals surface area (Å²) >= 11 is 4.44. The summed E-state index contributed by atoms with van der Waals surface area (Å²) in [5.41, 5.74) is 1.17. The van der Waals surface area contributed by atoms with E-state index in [0.29, 0.717) is 11.4 Å². The highest BCUT2D eigenvalue weighted by atomic mass is 32.1. The number of thiocarbonyl (C=S) groups is 1. The number of hydrogen-bond acceptors (Lipinski definition) is 5. The molecule has 0 amide bonds. The predicted octanol–water partition coefficient (Wildman–Crippen LogP) is 1.91.